The highest BCUT2D eigenvalue weighted by atomic mass is 16.2. The molecule has 24 heavy (non-hydrogen) atoms. The molecule has 2 aromatic rings. The molecule has 0 spiro atoms. The van der Waals surface area contributed by atoms with Gasteiger partial charge in [-0.3, -0.25) is 14.6 Å². The van der Waals surface area contributed by atoms with Crippen molar-refractivity contribution in [2.45, 2.75) is 32.7 Å². The number of carbonyl (C=O) groups excluding carboxylic acids is 2. The Kier molecular flexibility index (Phi) is 6.49. The van der Waals surface area contributed by atoms with Crippen LogP contribution < -0.4 is 10.6 Å². The molecule has 0 aliphatic rings. The van der Waals surface area contributed by atoms with Gasteiger partial charge < -0.3 is 10.6 Å². The van der Waals surface area contributed by atoms with Gasteiger partial charge in [0.1, 0.15) is 5.69 Å². The van der Waals surface area contributed by atoms with E-state index < -0.39 is 0 Å². The third kappa shape index (κ3) is 5.19. The summed E-state index contributed by atoms with van der Waals surface area (Å²) in [6, 6.07) is 13.2. The molecule has 1 aromatic heterocycles. The first-order valence-electron chi connectivity index (χ1n) is 8.19. The Morgan fingerprint density at radius 2 is 1.88 bits per heavy atom. The van der Waals surface area contributed by atoms with Gasteiger partial charge in [0, 0.05) is 24.3 Å². The summed E-state index contributed by atoms with van der Waals surface area (Å²) in [5, 5.41) is 5.71. The second-order valence-electron chi connectivity index (χ2n) is 5.70. The maximum atomic E-state index is 12.2. The van der Waals surface area contributed by atoms with Crippen LogP contribution in [0.1, 0.15) is 46.7 Å². The third-order valence-corrected chi connectivity index (χ3v) is 3.79. The smallest absolute Gasteiger partial charge is 0.269 e. The van der Waals surface area contributed by atoms with E-state index in [0.717, 1.165) is 18.4 Å². The minimum Gasteiger partial charge on any atom is -0.350 e. The Morgan fingerprint density at radius 3 is 2.58 bits per heavy atom. The lowest BCUT2D eigenvalue weighted by Crippen LogP contribution is -2.32. The summed E-state index contributed by atoms with van der Waals surface area (Å²) in [6.45, 7) is 4.47. The molecule has 1 heterocycles. The highest BCUT2D eigenvalue weighted by Crippen LogP contribution is 2.04. The van der Waals surface area contributed by atoms with Crippen LogP contribution in [-0.4, -0.2) is 29.4 Å². The summed E-state index contributed by atoms with van der Waals surface area (Å²) in [6.07, 6.45) is 3.09. The van der Waals surface area contributed by atoms with E-state index in [-0.39, 0.29) is 23.6 Å². The van der Waals surface area contributed by atoms with Crippen molar-refractivity contribution >= 4 is 11.8 Å². The van der Waals surface area contributed by atoms with E-state index in [2.05, 4.69) is 15.6 Å². The quantitative estimate of drug-likeness (QED) is 0.822. The first-order valence-corrected chi connectivity index (χ1v) is 8.19. The van der Waals surface area contributed by atoms with Crippen molar-refractivity contribution in [3.63, 3.8) is 0 Å². The van der Waals surface area contributed by atoms with E-state index in [0.29, 0.717) is 12.1 Å². The van der Waals surface area contributed by atoms with Gasteiger partial charge in [-0.1, -0.05) is 37.3 Å². The van der Waals surface area contributed by atoms with E-state index in [1.807, 2.05) is 44.2 Å². The molecular formula is C19H23N3O2. The number of pyridine rings is 1. The molecule has 0 aliphatic heterocycles. The topological polar surface area (TPSA) is 71.1 Å². The number of hydrogen-bond acceptors (Lipinski definition) is 3. The average molecular weight is 325 g/mol. The average Bonchev–Trinajstić information content (AvgIpc) is 2.62. The molecule has 5 heteroatoms. The number of carbonyl (C=O) groups is 2. The molecule has 0 radical (unpaired) electrons. The predicted molar refractivity (Wildman–Crippen MR) is 93.9 cm³/mol. The van der Waals surface area contributed by atoms with Gasteiger partial charge in [-0.15, -0.1) is 0 Å². The number of aromatic nitrogens is 1. The molecule has 0 fully saturated rings. The molecule has 0 saturated heterocycles. The Morgan fingerprint density at radius 1 is 1.12 bits per heavy atom. The van der Waals surface area contributed by atoms with Gasteiger partial charge in [0.25, 0.3) is 11.8 Å². The number of hydrogen-bond donors (Lipinski definition) is 2. The maximum Gasteiger partial charge on any atom is 0.269 e. The summed E-state index contributed by atoms with van der Waals surface area (Å²) < 4.78 is 0. The first-order chi connectivity index (χ1) is 11.6. The molecule has 2 amide bonds. The molecule has 1 unspecified atom stereocenters. The largest absolute Gasteiger partial charge is 0.350 e. The number of amides is 2. The lowest BCUT2D eigenvalue weighted by atomic mass is 10.1. The summed E-state index contributed by atoms with van der Waals surface area (Å²) in [5.41, 5.74) is 1.85. The minimum atomic E-state index is -0.274. The first kappa shape index (κ1) is 17.7. The Balaban J connectivity index is 1.92. The van der Waals surface area contributed by atoms with Crippen molar-refractivity contribution in [3.05, 3.63) is 65.5 Å². The highest BCUT2D eigenvalue weighted by Gasteiger charge is 2.12. The minimum absolute atomic E-state index is 0.0915. The SMILES string of the molecule is CCC(C)NC(=O)c1ccnc(C(=O)NCCc2ccccc2)c1. The van der Waals surface area contributed by atoms with Crippen molar-refractivity contribution in [1.29, 1.82) is 0 Å². The summed E-state index contributed by atoms with van der Waals surface area (Å²) >= 11 is 0. The van der Waals surface area contributed by atoms with Crippen LogP contribution in [0.15, 0.2) is 48.7 Å². The van der Waals surface area contributed by atoms with Crippen LogP contribution >= 0.6 is 0 Å². The monoisotopic (exact) mass is 325 g/mol. The molecule has 5 nitrogen and oxygen atoms in total. The molecule has 126 valence electrons. The molecule has 1 aromatic carbocycles. The molecule has 2 N–H and O–H groups in total. The lowest BCUT2D eigenvalue weighted by Gasteiger charge is -2.11. The zero-order chi connectivity index (χ0) is 17.4. The van der Waals surface area contributed by atoms with E-state index >= 15 is 0 Å². The normalized spacial score (nSPS) is 11.6. The van der Waals surface area contributed by atoms with E-state index in [9.17, 15) is 9.59 Å². The standard InChI is InChI=1S/C19H23N3O2/c1-3-14(2)22-18(23)16-10-12-20-17(13-16)19(24)21-11-9-15-7-5-4-6-8-15/h4-8,10,12-14H,3,9,11H2,1-2H3,(H,21,24)(H,22,23). The number of rotatable bonds is 7. The summed E-state index contributed by atoms with van der Waals surface area (Å²) in [4.78, 5) is 28.4. The third-order valence-electron chi connectivity index (χ3n) is 3.79. The molecule has 0 aliphatic carbocycles. The van der Waals surface area contributed by atoms with Crippen molar-refractivity contribution in [2.24, 2.45) is 0 Å². The van der Waals surface area contributed by atoms with Gasteiger partial charge in [0.2, 0.25) is 0 Å². The summed E-state index contributed by atoms with van der Waals surface area (Å²) in [7, 11) is 0. The highest BCUT2D eigenvalue weighted by molar-refractivity contribution is 5.98. The van der Waals surface area contributed by atoms with Crippen LogP contribution in [0.25, 0.3) is 0 Å². The van der Waals surface area contributed by atoms with Crippen molar-refractivity contribution in [2.75, 3.05) is 6.54 Å². The van der Waals surface area contributed by atoms with Gasteiger partial charge in [-0.25, -0.2) is 0 Å². The fourth-order valence-corrected chi connectivity index (χ4v) is 2.16. The van der Waals surface area contributed by atoms with Crippen molar-refractivity contribution in [1.82, 2.24) is 15.6 Å². The molecule has 2 rings (SSSR count). The van der Waals surface area contributed by atoms with Crippen LogP contribution in [0.2, 0.25) is 0 Å². The van der Waals surface area contributed by atoms with Crippen LogP contribution in [0, 0.1) is 0 Å². The summed E-state index contributed by atoms with van der Waals surface area (Å²) in [5.74, 6) is -0.464. The van der Waals surface area contributed by atoms with E-state index in [1.165, 1.54) is 12.3 Å². The Hall–Kier alpha value is -2.69. The fourth-order valence-electron chi connectivity index (χ4n) is 2.16. The second-order valence-corrected chi connectivity index (χ2v) is 5.70. The van der Waals surface area contributed by atoms with Gasteiger partial charge in [-0.05, 0) is 37.5 Å². The van der Waals surface area contributed by atoms with Gasteiger partial charge in [-0.2, -0.15) is 0 Å². The lowest BCUT2D eigenvalue weighted by molar-refractivity contribution is 0.0939. The van der Waals surface area contributed by atoms with E-state index in [4.69, 9.17) is 0 Å². The molecule has 1 atom stereocenters. The van der Waals surface area contributed by atoms with Crippen LogP contribution in [0.5, 0.6) is 0 Å². The van der Waals surface area contributed by atoms with Crippen LogP contribution in [0.3, 0.4) is 0 Å². The number of nitrogens with one attached hydrogen (secondary N) is 2. The van der Waals surface area contributed by atoms with Gasteiger partial charge >= 0.3 is 0 Å². The molecule has 0 saturated carbocycles. The number of nitrogens with zero attached hydrogens (tertiary/aromatic N) is 1. The Bertz CT molecular complexity index is 686. The maximum absolute atomic E-state index is 12.2. The van der Waals surface area contributed by atoms with Crippen molar-refractivity contribution < 1.29 is 9.59 Å². The zero-order valence-corrected chi connectivity index (χ0v) is 14.1. The Labute approximate surface area is 142 Å². The van der Waals surface area contributed by atoms with Crippen molar-refractivity contribution in [3.8, 4) is 0 Å². The van der Waals surface area contributed by atoms with Gasteiger partial charge in [0.05, 0.1) is 0 Å². The molecule has 0 bridgehead atoms. The predicted octanol–water partition coefficient (Wildman–Crippen LogP) is 2.58. The second kappa shape index (κ2) is 8.82. The van der Waals surface area contributed by atoms with Crippen LogP contribution in [-0.2, 0) is 6.42 Å². The van der Waals surface area contributed by atoms with Gasteiger partial charge in [0.15, 0.2) is 0 Å². The zero-order valence-electron chi connectivity index (χ0n) is 14.1. The van der Waals surface area contributed by atoms with E-state index in [1.54, 1.807) is 6.07 Å². The van der Waals surface area contributed by atoms with Crippen LogP contribution in [0.4, 0.5) is 0 Å². The molecular weight excluding hydrogens is 302 g/mol. The number of benzene rings is 1. The fraction of sp³-hybridized carbons (Fsp3) is 0.316.